The molecule has 1 unspecified atom stereocenters. The van der Waals surface area contributed by atoms with Crippen molar-refractivity contribution in [1.29, 1.82) is 0 Å². The van der Waals surface area contributed by atoms with E-state index in [9.17, 15) is 14.7 Å². The quantitative estimate of drug-likeness (QED) is 0.311. The van der Waals surface area contributed by atoms with Crippen molar-refractivity contribution in [2.75, 3.05) is 13.1 Å². The number of urea groups is 1. The molecule has 1 aliphatic rings. The molecule has 0 saturated carbocycles. The summed E-state index contributed by atoms with van der Waals surface area (Å²) in [4.78, 5) is 26.0. The first-order valence-electron chi connectivity index (χ1n) is 10.2. The van der Waals surface area contributed by atoms with Gasteiger partial charge >= 0.3 is 19.1 Å². The van der Waals surface area contributed by atoms with Crippen LogP contribution in [-0.4, -0.2) is 57.8 Å². The van der Waals surface area contributed by atoms with E-state index in [1.165, 1.54) is 5.56 Å². The Morgan fingerprint density at radius 2 is 1.83 bits per heavy atom. The number of carboxylic acids is 1. The minimum atomic E-state index is -1.38. The van der Waals surface area contributed by atoms with Crippen LogP contribution in [-0.2, 0) is 11.3 Å². The van der Waals surface area contributed by atoms with Crippen LogP contribution in [0.3, 0.4) is 0 Å². The second-order valence-corrected chi connectivity index (χ2v) is 7.98. The van der Waals surface area contributed by atoms with Gasteiger partial charge < -0.3 is 31.1 Å². The Bertz CT molecular complexity index is 677. The number of carbonyl (C=O) groups is 2. The summed E-state index contributed by atoms with van der Waals surface area (Å²) in [6, 6.07) is 7.81. The van der Waals surface area contributed by atoms with Crippen LogP contribution in [0.2, 0.25) is 6.32 Å². The molecule has 2 rings (SSSR count). The van der Waals surface area contributed by atoms with Gasteiger partial charge in [0.15, 0.2) is 0 Å². The normalized spacial score (nSPS) is 16.9. The zero-order valence-corrected chi connectivity index (χ0v) is 17.0. The van der Waals surface area contributed by atoms with Crippen molar-refractivity contribution in [3.63, 3.8) is 0 Å². The fourth-order valence-electron chi connectivity index (χ4n) is 3.82. The van der Waals surface area contributed by atoms with E-state index >= 15 is 0 Å². The van der Waals surface area contributed by atoms with Crippen molar-refractivity contribution < 1.29 is 24.7 Å². The standard InChI is InChI=1S/C20H32BN3O5/c1-15-4-6-16(7-5-15)14-23-19(27)24-12-8-17(9-13-24)20(22,18(25)26)10-2-3-11-21(28)29/h4-7,17,28-29H,2-3,8-14,22H2,1H3,(H,23,27)(H,25,26). The number of aliphatic carboxylic acids is 1. The smallest absolute Gasteiger partial charge is 0.451 e. The van der Waals surface area contributed by atoms with Crippen LogP contribution in [0.15, 0.2) is 24.3 Å². The maximum Gasteiger partial charge on any atom is 0.451 e. The van der Waals surface area contributed by atoms with E-state index in [0.29, 0.717) is 45.3 Å². The second-order valence-electron chi connectivity index (χ2n) is 7.98. The molecule has 29 heavy (non-hydrogen) atoms. The molecule has 1 fully saturated rings. The van der Waals surface area contributed by atoms with Gasteiger partial charge in [0.25, 0.3) is 0 Å². The summed E-state index contributed by atoms with van der Waals surface area (Å²) in [5, 5.41) is 30.4. The molecule has 9 heteroatoms. The van der Waals surface area contributed by atoms with E-state index < -0.39 is 18.6 Å². The van der Waals surface area contributed by atoms with Crippen molar-refractivity contribution in [2.45, 2.75) is 57.4 Å². The van der Waals surface area contributed by atoms with Gasteiger partial charge in [0.1, 0.15) is 5.54 Å². The number of carbonyl (C=O) groups excluding carboxylic acids is 1. The first-order valence-corrected chi connectivity index (χ1v) is 10.2. The molecule has 0 spiro atoms. The second kappa shape index (κ2) is 10.6. The summed E-state index contributed by atoms with van der Waals surface area (Å²) in [6.07, 6.45) is 2.56. The molecule has 0 bridgehead atoms. The minimum Gasteiger partial charge on any atom is -0.480 e. The Hall–Kier alpha value is -2.10. The maximum atomic E-state index is 12.4. The van der Waals surface area contributed by atoms with Crippen molar-refractivity contribution in [3.05, 3.63) is 35.4 Å². The molecule has 6 N–H and O–H groups in total. The molecular weight excluding hydrogens is 373 g/mol. The van der Waals surface area contributed by atoms with Gasteiger partial charge in [0.2, 0.25) is 0 Å². The molecule has 0 aliphatic carbocycles. The van der Waals surface area contributed by atoms with Gasteiger partial charge in [-0.3, -0.25) is 4.79 Å². The molecule has 1 aliphatic heterocycles. The van der Waals surface area contributed by atoms with Crippen LogP contribution in [0, 0.1) is 12.8 Å². The maximum absolute atomic E-state index is 12.4. The number of nitrogens with zero attached hydrogens (tertiary/aromatic N) is 1. The molecule has 1 heterocycles. The van der Waals surface area contributed by atoms with Crippen molar-refractivity contribution in [3.8, 4) is 0 Å². The fraction of sp³-hybridized carbons (Fsp3) is 0.600. The first kappa shape index (κ1) is 23.2. The van der Waals surface area contributed by atoms with E-state index in [2.05, 4.69) is 5.32 Å². The SMILES string of the molecule is Cc1ccc(CNC(=O)N2CCC(C(N)(CCCCB(O)O)C(=O)O)CC2)cc1. The molecule has 8 nitrogen and oxygen atoms in total. The van der Waals surface area contributed by atoms with Gasteiger partial charge in [0, 0.05) is 19.6 Å². The van der Waals surface area contributed by atoms with Crippen molar-refractivity contribution in [2.24, 2.45) is 11.7 Å². The fourth-order valence-corrected chi connectivity index (χ4v) is 3.82. The van der Waals surface area contributed by atoms with Crippen molar-refractivity contribution >= 4 is 19.1 Å². The van der Waals surface area contributed by atoms with Crippen LogP contribution >= 0.6 is 0 Å². The third-order valence-corrected chi connectivity index (χ3v) is 5.78. The summed E-state index contributed by atoms with van der Waals surface area (Å²) < 4.78 is 0. The molecule has 0 aromatic heterocycles. The zero-order chi connectivity index (χ0) is 21.4. The Morgan fingerprint density at radius 3 is 2.38 bits per heavy atom. The van der Waals surface area contributed by atoms with Crippen LogP contribution in [0.1, 0.15) is 43.2 Å². The lowest BCUT2D eigenvalue weighted by Gasteiger charge is -2.40. The molecule has 1 saturated heterocycles. The predicted octanol–water partition coefficient (Wildman–Crippen LogP) is 1.34. The van der Waals surface area contributed by atoms with E-state index in [1.54, 1.807) is 4.90 Å². The lowest BCUT2D eigenvalue weighted by molar-refractivity contribution is -0.146. The molecule has 1 aromatic rings. The number of unbranched alkanes of at least 4 members (excludes halogenated alkanes) is 1. The van der Waals surface area contributed by atoms with Gasteiger partial charge in [-0.1, -0.05) is 42.7 Å². The summed E-state index contributed by atoms with van der Waals surface area (Å²) in [5.74, 6) is -1.26. The number of amides is 2. The van der Waals surface area contributed by atoms with Crippen LogP contribution in [0.5, 0.6) is 0 Å². The number of rotatable bonds is 9. The minimum absolute atomic E-state index is 0.154. The van der Waals surface area contributed by atoms with Crippen LogP contribution in [0.4, 0.5) is 4.79 Å². The van der Waals surface area contributed by atoms with E-state index in [0.717, 1.165) is 5.56 Å². The summed E-state index contributed by atoms with van der Waals surface area (Å²) in [7, 11) is -1.38. The molecule has 1 atom stereocenters. The Balaban J connectivity index is 1.82. The number of hydrogen-bond donors (Lipinski definition) is 5. The number of piperidine rings is 1. The number of nitrogens with one attached hydrogen (secondary N) is 1. The lowest BCUT2D eigenvalue weighted by atomic mass is 9.74. The highest BCUT2D eigenvalue weighted by molar-refractivity contribution is 6.40. The molecular formula is C20H32BN3O5. The van der Waals surface area contributed by atoms with E-state index in [-0.39, 0.29) is 24.7 Å². The summed E-state index contributed by atoms with van der Waals surface area (Å²) in [6.45, 7) is 3.39. The monoisotopic (exact) mass is 405 g/mol. The summed E-state index contributed by atoms with van der Waals surface area (Å²) >= 11 is 0. The van der Waals surface area contributed by atoms with Gasteiger partial charge in [0.05, 0.1) is 0 Å². The molecule has 0 radical (unpaired) electrons. The highest BCUT2D eigenvalue weighted by Gasteiger charge is 2.43. The third-order valence-electron chi connectivity index (χ3n) is 5.78. The van der Waals surface area contributed by atoms with Gasteiger partial charge in [-0.15, -0.1) is 0 Å². The zero-order valence-electron chi connectivity index (χ0n) is 17.0. The van der Waals surface area contributed by atoms with Crippen LogP contribution in [0.25, 0.3) is 0 Å². The first-order chi connectivity index (χ1) is 13.7. The van der Waals surface area contributed by atoms with Gasteiger partial charge in [-0.2, -0.15) is 0 Å². The number of hydrogen-bond acceptors (Lipinski definition) is 5. The highest BCUT2D eigenvalue weighted by Crippen LogP contribution is 2.31. The average Bonchev–Trinajstić information content (AvgIpc) is 2.70. The third kappa shape index (κ3) is 6.73. The Kier molecular flexibility index (Phi) is 8.49. The Morgan fingerprint density at radius 1 is 1.21 bits per heavy atom. The van der Waals surface area contributed by atoms with Gasteiger partial charge in [-0.05, 0) is 44.0 Å². The molecule has 160 valence electrons. The summed E-state index contributed by atoms with van der Waals surface area (Å²) in [5.41, 5.74) is 7.09. The molecule has 1 aromatic carbocycles. The van der Waals surface area contributed by atoms with E-state index in [4.69, 9.17) is 15.8 Å². The van der Waals surface area contributed by atoms with Crippen molar-refractivity contribution in [1.82, 2.24) is 10.2 Å². The molecule has 2 amide bonds. The number of carboxylic acid groups (broad SMARTS) is 1. The number of likely N-dealkylation sites (tertiary alicyclic amines) is 1. The topological polar surface area (TPSA) is 136 Å². The number of nitrogens with two attached hydrogens (primary N) is 1. The number of benzene rings is 1. The van der Waals surface area contributed by atoms with Gasteiger partial charge in [-0.25, -0.2) is 4.79 Å². The largest absolute Gasteiger partial charge is 0.480 e. The average molecular weight is 405 g/mol. The number of aryl methyl sites for hydroxylation is 1. The van der Waals surface area contributed by atoms with E-state index in [1.807, 2.05) is 31.2 Å². The highest BCUT2D eigenvalue weighted by atomic mass is 16.4. The van der Waals surface area contributed by atoms with Crippen LogP contribution < -0.4 is 11.1 Å². The predicted molar refractivity (Wildman–Crippen MR) is 111 cm³/mol. The lowest BCUT2D eigenvalue weighted by Crippen LogP contribution is -2.57. The Labute approximate surface area is 172 Å².